The van der Waals surface area contributed by atoms with E-state index in [0.717, 1.165) is 18.4 Å². The number of nitrogens with one attached hydrogen (secondary N) is 2. The van der Waals surface area contributed by atoms with Crippen LogP contribution in [0.5, 0.6) is 5.75 Å². The number of nitro groups is 1. The second-order valence-electron chi connectivity index (χ2n) is 5.03. The summed E-state index contributed by atoms with van der Waals surface area (Å²) in [6, 6.07) is 5.20. The molecule has 1 aromatic carbocycles. The predicted molar refractivity (Wildman–Crippen MR) is 77.1 cm³/mol. The largest absolute Gasteiger partial charge is 0.490 e. The van der Waals surface area contributed by atoms with Crippen molar-refractivity contribution in [3.05, 3.63) is 33.9 Å². The Bertz CT molecular complexity index is 529. The molecule has 21 heavy (non-hydrogen) atoms. The van der Waals surface area contributed by atoms with Crippen molar-refractivity contribution in [2.75, 3.05) is 13.7 Å². The van der Waals surface area contributed by atoms with Gasteiger partial charge in [0.15, 0.2) is 5.75 Å². The summed E-state index contributed by atoms with van der Waals surface area (Å²) in [7, 11) is 1.40. The number of nitrogens with zero attached hydrogens (tertiary/aromatic N) is 1. The highest BCUT2D eigenvalue weighted by atomic mass is 16.6. The number of nitro benzene ring substituents is 1. The summed E-state index contributed by atoms with van der Waals surface area (Å²) in [4.78, 5) is 21.9. The zero-order chi connectivity index (χ0) is 15.2. The zero-order valence-corrected chi connectivity index (χ0v) is 11.9. The molecule has 7 heteroatoms. The van der Waals surface area contributed by atoms with Gasteiger partial charge in [0.25, 0.3) is 0 Å². The number of carbonyl (C=O) groups excluding carboxylic acids is 1. The fraction of sp³-hybridized carbons (Fsp3) is 0.500. The van der Waals surface area contributed by atoms with E-state index in [4.69, 9.17) is 4.74 Å². The predicted octanol–water partition coefficient (Wildman–Crippen LogP) is 1.36. The molecule has 0 spiro atoms. The Kier molecular flexibility index (Phi) is 5.10. The van der Waals surface area contributed by atoms with Gasteiger partial charge in [-0.3, -0.25) is 14.9 Å². The molecule has 0 unspecified atom stereocenters. The van der Waals surface area contributed by atoms with Crippen molar-refractivity contribution in [2.24, 2.45) is 0 Å². The molecule has 114 valence electrons. The first kappa shape index (κ1) is 15.2. The molecule has 1 aromatic rings. The molecule has 0 radical (unpaired) electrons. The van der Waals surface area contributed by atoms with E-state index < -0.39 is 4.92 Å². The minimum Gasteiger partial charge on any atom is -0.490 e. The molecule has 1 aliphatic rings. The maximum atomic E-state index is 11.5. The van der Waals surface area contributed by atoms with Crippen LogP contribution >= 0.6 is 0 Å². The third-order valence-electron chi connectivity index (χ3n) is 3.24. The van der Waals surface area contributed by atoms with Crippen LogP contribution in [0.25, 0.3) is 0 Å². The molecular formula is C14H19N3O4. The van der Waals surface area contributed by atoms with E-state index in [1.54, 1.807) is 12.1 Å². The molecule has 1 aliphatic carbocycles. The minimum atomic E-state index is -0.467. The fourth-order valence-corrected chi connectivity index (χ4v) is 1.95. The van der Waals surface area contributed by atoms with Crippen LogP contribution in [0.2, 0.25) is 0 Å². The molecule has 0 aromatic heterocycles. The van der Waals surface area contributed by atoms with Crippen molar-refractivity contribution >= 4 is 11.6 Å². The van der Waals surface area contributed by atoms with E-state index in [1.165, 1.54) is 13.2 Å². The lowest BCUT2D eigenvalue weighted by molar-refractivity contribution is -0.385. The van der Waals surface area contributed by atoms with Gasteiger partial charge in [0.2, 0.25) is 5.91 Å². The van der Waals surface area contributed by atoms with E-state index in [0.29, 0.717) is 25.6 Å². The Morgan fingerprint density at radius 2 is 2.24 bits per heavy atom. The van der Waals surface area contributed by atoms with Crippen LogP contribution in [0.4, 0.5) is 5.69 Å². The standard InChI is InChI=1S/C14H19N3O4/c1-21-13-5-2-10(8-12(13)17(19)20)9-15-7-6-14(18)16-11-3-4-11/h2,5,8,11,15H,3-4,6-7,9H2,1H3,(H,16,18). The molecule has 0 bridgehead atoms. The molecule has 0 heterocycles. The number of rotatable bonds is 8. The Morgan fingerprint density at radius 1 is 1.48 bits per heavy atom. The minimum absolute atomic E-state index is 0.0470. The molecule has 1 fully saturated rings. The molecular weight excluding hydrogens is 274 g/mol. The number of amides is 1. The van der Waals surface area contributed by atoms with E-state index in [9.17, 15) is 14.9 Å². The second kappa shape index (κ2) is 7.03. The van der Waals surface area contributed by atoms with Gasteiger partial charge in [-0.25, -0.2) is 0 Å². The summed E-state index contributed by atoms with van der Waals surface area (Å²) in [6.07, 6.45) is 2.57. The summed E-state index contributed by atoms with van der Waals surface area (Å²) in [6.45, 7) is 1.01. The Labute approximate surface area is 122 Å². The summed E-state index contributed by atoms with van der Waals surface area (Å²) in [5.41, 5.74) is 0.730. The number of carbonyl (C=O) groups is 1. The van der Waals surface area contributed by atoms with E-state index >= 15 is 0 Å². The number of hydrogen-bond acceptors (Lipinski definition) is 5. The van der Waals surface area contributed by atoms with Gasteiger partial charge in [0, 0.05) is 31.6 Å². The van der Waals surface area contributed by atoms with Gasteiger partial charge in [-0.1, -0.05) is 6.07 Å². The van der Waals surface area contributed by atoms with Crippen molar-refractivity contribution in [3.63, 3.8) is 0 Å². The fourth-order valence-electron chi connectivity index (χ4n) is 1.95. The first-order valence-electron chi connectivity index (χ1n) is 6.91. The maximum Gasteiger partial charge on any atom is 0.311 e. The SMILES string of the molecule is COc1ccc(CNCCC(=O)NC2CC2)cc1[N+](=O)[O-]. The van der Waals surface area contributed by atoms with Crippen molar-refractivity contribution in [2.45, 2.75) is 31.8 Å². The summed E-state index contributed by atoms with van der Waals surface area (Å²) < 4.78 is 4.95. The van der Waals surface area contributed by atoms with Crippen LogP contribution in [-0.2, 0) is 11.3 Å². The monoisotopic (exact) mass is 293 g/mol. The summed E-state index contributed by atoms with van der Waals surface area (Å²) >= 11 is 0. The van der Waals surface area contributed by atoms with Crippen molar-refractivity contribution < 1.29 is 14.5 Å². The lowest BCUT2D eigenvalue weighted by Gasteiger charge is -2.07. The molecule has 0 aliphatic heterocycles. The van der Waals surface area contributed by atoms with Gasteiger partial charge >= 0.3 is 5.69 Å². The van der Waals surface area contributed by atoms with Gasteiger partial charge in [0.1, 0.15) is 0 Å². The molecule has 0 atom stereocenters. The van der Waals surface area contributed by atoms with Crippen LogP contribution < -0.4 is 15.4 Å². The highest BCUT2D eigenvalue weighted by Crippen LogP contribution is 2.27. The third-order valence-corrected chi connectivity index (χ3v) is 3.24. The van der Waals surface area contributed by atoms with Crippen molar-refractivity contribution in [1.82, 2.24) is 10.6 Å². The number of benzene rings is 1. The number of methoxy groups -OCH3 is 1. The zero-order valence-electron chi connectivity index (χ0n) is 11.9. The van der Waals surface area contributed by atoms with E-state index in [1.807, 2.05) is 0 Å². The van der Waals surface area contributed by atoms with Crippen LogP contribution in [0.15, 0.2) is 18.2 Å². The van der Waals surface area contributed by atoms with Gasteiger partial charge in [-0.15, -0.1) is 0 Å². The topological polar surface area (TPSA) is 93.5 Å². The van der Waals surface area contributed by atoms with Gasteiger partial charge in [-0.05, 0) is 24.5 Å². The van der Waals surface area contributed by atoms with Crippen LogP contribution in [0.1, 0.15) is 24.8 Å². The smallest absolute Gasteiger partial charge is 0.311 e. The molecule has 2 N–H and O–H groups in total. The summed E-state index contributed by atoms with van der Waals surface area (Å²) in [5, 5.41) is 16.9. The molecule has 7 nitrogen and oxygen atoms in total. The van der Waals surface area contributed by atoms with Gasteiger partial charge in [0.05, 0.1) is 12.0 Å². The van der Waals surface area contributed by atoms with Gasteiger partial charge < -0.3 is 15.4 Å². The molecule has 2 rings (SSSR count). The summed E-state index contributed by atoms with van der Waals surface area (Å²) in [5.74, 6) is 0.290. The van der Waals surface area contributed by atoms with Crippen LogP contribution in [0, 0.1) is 10.1 Å². The quantitative estimate of drug-likeness (QED) is 0.429. The maximum absolute atomic E-state index is 11.5. The van der Waals surface area contributed by atoms with Crippen LogP contribution in [0.3, 0.4) is 0 Å². The lowest BCUT2D eigenvalue weighted by atomic mass is 10.2. The average molecular weight is 293 g/mol. The first-order valence-corrected chi connectivity index (χ1v) is 6.91. The number of ether oxygens (including phenoxy) is 1. The normalized spacial score (nSPS) is 13.8. The lowest BCUT2D eigenvalue weighted by Crippen LogP contribution is -2.29. The highest BCUT2D eigenvalue weighted by Gasteiger charge is 2.22. The Hall–Kier alpha value is -2.15. The average Bonchev–Trinajstić information content (AvgIpc) is 3.27. The van der Waals surface area contributed by atoms with Crippen molar-refractivity contribution in [1.29, 1.82) is 0 Å². The second-order valence-corrected chi connectivity index (χ2v) is 5.03. The Balaban J connectivity index is 1.78. The Morgan fingerprint density at radius 3 is 2.86 bits per heavy atom. The third kappa shape index (κ3) is 4.71. The molecule has 0 saturated heterocycles. The van der Waals surface area contributed by atoms with Gasteiger partial charge in [-0.2, -0.15) is 0 Å². The molecule has 1 saturated carbocycles. The van der Waals surface area contributed by atoms with Crippen molar-refractivity contribution in [3.8, 4) is 5.75 Å². The van der Waals surface area contributed by atoms with E-state index in [2.05, 4.69) is 10.6 Å². The molecule has 1 amide bonds. The first-order chi connectivity index (χ1) is 10.1. The van der Waals surface area contributed by atoms with E-state index in [-0.39, 0.29) is 17.3 Å². The highest BCUT2D eigenvalue weighted by molar-refractivity contribution is 5.76. The van der Waals surface area contributed by atoms with Crippen LogP contribution in [-0.4, -0.2) is 30.5 Å². The number of hydrogen-bond donors (Lipinski definition) is 2.